The number of amides is 2. The summed E-state index contributed by atoms with van der Waals surface area (Å²) in [5.74, 6) is -0.0771. The third-order valence-electron chi connectivity index (χ3n) is 5.29. The van der Waals surface area contributed by atoms with E-state index in [9.17, 15) is 9.59 Å². The van der Waals surface area contributed by atoms with Gasteiger partial charge in [-0.3, -0.25) is 14.9 Å². The number of benzene rings is 4. The summed E-state index contributed by atoms with van der Waals surface area (Å²) < 4.78 is 5.81. The molecule has 0 saturated carbocycles. The number of hydrogen-bond acceptors (Lipinski definition) is 4. The second kappa shape index (κ2) is 12.7. The zero-order valence-corrected chi connectivity index (χ0v) is 21.3. The normalized spacial score (nSPS) is 10.3. The van der Waals surface area contributed by atoms with Crippen LogP contribution in [0.4, 0.5) is 11.4 Å². The van der Waals surface area contributed by atoms with Gasteiger partial charge < -0.3 is 15.4 Å². The maximum absolute atomic E-state index is 12.7. The summed E-state index contributed by atoms with van der Waals surface area (Å²) in [6.07, 6.45) is 0.765. The molecule has 0 heterocycles. The van der Waals surface area contributed by atoms with Crippen LogP contribution >= 0.6 is 23.8 Å². The van der Waals surface area contributed by atoms with E-state index in [0.717, 1.165) is 6.42 Å². The lowest BCUT2D eigenvalue weighted by Gasteiger charge is -2.12. The highest BCUT2D eigenvalue weighted by Gasteiger charge is 2.11. The minimum absolute atomic E-state index is 0.104. The molecule has 0 aliphatic carbocycles. The van der Waals surface area contributed by atoms with Gasteiger partial charge in [-0.25, -0.2) is 0 Å². The third-order valence-corrected chi connectivity index (χ3v) is 5.73. The van der Waals surface area contributed by atoms with Gasteiger partial charge >= 0.3 is 0 Å². The number of ether oxygens (including phenoxy) is 1. The lowest BCUT2D eigenvalue weighted by Crippen LogP contribution is -2.34. The molecule has 0 bridgehead atoms. The van der Waals surface area contributed by atoms with Gasteiger partial charge in [-0.15, -0.1) is 0 Å². The average molecular weight is 530 g/mol. The minimum Gasteiger partial charge on any atom is -0.493 e. The van der Waals surface area contributed by atoms with Gasteiger partial charge in [-0.2, -0.15) is 0 Å². The molecule has 0 unspecified atom stereocenters. The van der Waals surface area contributed by atoms with Gasteiger partial charge in [0.2, 0.25) is 0 Å². The highest BCUT2D eigenvalue weighted by molar-refractivity contribution is 7.80. The van der Waals surface area contributed by atoms with E-state index in [1.54, 1.807) is 72.8 Å². The van der Waals surface area contributed by atoms with Gasteiger partial charge in [0.25, 0.3) is 11.8 Å². The first-order valence-electron chi connectivity index (χ1n) is 11.5. The Morgan fingerprint density at radius 1 is 0.730 bits per heavy atom. The van der Waals surface area contributed by atoms with Gasteiger partial charge in [0.15, 0.2) is 5.11 Å². The summed E-state index contributed by atoms with van der Waals surface area (Å²) in [6.45, 7) is 0.496. The SMILES string of the molecule is O=C(NC(=S)Nc1cccc(C(=O)Nc2cccc(Cl)c2)c1)c1cccc(OCCc2ccccc2)c1. The van der Waals surface area contributed by atoms with Crippen molar-refractivity contribution in [2.45, 2.75) is 6.42 Å². The van der Waals surface area contributed by atoms with E-state index >= 15 is 0 Å². The van der Waals surface area contributed by atoms with Crippen LogP contribution in [0.2, 0.25) is 5.02 Å². The Morgan fingerprint density at radius 2 is 1.41 bits per heavy atom. The van der Waals surface area contributed by atoms with Crippen LogP contribution < -0.4 is 20.7 Å². The third kappa shape index (κ3) is 7.90. The van der Waals surface area contributed by atoms with E-state index < -0.39 is 0 Å². The highest BCUT2D eigenvalue weighted by atomic mass is 35.5. The van der Waals surface area contributed by atoms with Gasteiger partial charge in [-0.1, -0.05) is 60.1 Å². The maximum Gasteiger partial charge on any atom is 0.257 e. The van der Waals surface area contributed by atoms with Crippen molar-refractivity contribution in [2.75, 3.05) is 17.2 Å². The Balaban J connectivity index is 1.31. The molecule has 4 aromatic carbocycles. The van der Waals surface area contributed by atoms with Crippen molar-refractivity contribution in [3.8, 4) is 5.75 Å². The Morgan fingerprint density at radius 3 is 2.16 bits per heavy atom. The molecule has 0 spiro atoms. The van der Waals surface area contributed by atoms with Crippen LogP contribution in [0.25, 0.3) is 0 Å². The average Bonchev–Trinajstić information content (AvgIpc) is 2.89. The predicted octanol–water partition coefficient (Wildman–Crippen LogP) is 6.34. The number of carbonyl (C=O) groups excluding carboxylic acids is 2. The molecule has 4 rings (SSSR count). The van der Waals surface area contributed by atoms with Crippen molar-refractivity contribution in [1.82, 2.24) is 5.32 Å². The van der Waals surface area contributed by atoms with Crippen molar-refractivity contribution in [3.05, 3.63) is 125 Å². The smallest absolute Gasteiger partial charge is 0.257 e. The molecule has 186 valence electrons. The number of halogens is 1. The van der Waals surface area contributed by atoms with Crippen molar-refractivity contribution < 1.29 is 14.3 Å². The lowest BCUT2D eigenvalue weighted by molar-refractivity contribution is 0.0975. The van der Waals surface area contributed by atoms with E-state index in [2.05, 4.69) is 16.0 Å². The van der Waals surface area contributed by atoms with E-state index in [4.69, 9.17) is 28.6 Å². The maximum atomic E-state index is 12.7. The molecular weight excluding hydrogens is 506 g/mol. The quantitative estimate of drug-likeness (QED) is 0.232. The van der Waals surface area contributed by atoms with Crippen molar-refractivity contribution >= 4 is 52.1 Å². The first-order chi connectivity index (χ1) is 18.0. The zero-order chi connectivity index (χ0) is 26.0. The van der Waals surface area contributed by atoms with Crippen molar-refractivity contribution in [3.63, 3.8) is 0 Å². The number of nitrogens with one attached hydrogen (secondary N) is 3. The number of rotatable bonds is 8. The summed E-state index contributed by atoms with van der Waals surface area (Å²) in [6, 6.07) is 30.6. The number of carbonyl (C=O) groups is 2. The van der Waals surface area contributed by atoms with Gasteiger partial charge in [-0.05, 0) is 72.4 Å². The van der Waals surface area contributed by atoms with E-state index in [1.807, 2.05) is 30.3 Å². The van der Waals surface area contributed by atoms with Crippen LogP contribution in [-0.2, 0) is 6.42 Å². The molecule has 6 nitrogen and oxygen atoms in total. The molecule has 0 saturated heterocycles. The van der Waals surface area contributed by atoms with Crippen LogP contribution in [0.15, 0.2) is 103 Å². The molecule has 37 heavy (non-hydrogen) atoms. The Hall–Kier alpha value is -4.20. The highest BCUT2D eigenvalue weighted by Crippen LogP contribution is 2.18. The molecule has 0 aromatic heterocycles. The van der Waals surface area contributed by atoms with Crippen LogP contribution in [0.3, 0.4) is 0 Å². The molecule has 2 amide bonds. The predicted molar refractivity (Wildman–Crippen MR) is 152 cm³/mol. The summed E-state index contributed by atoms with van der Waals surface area (Å²) >= 11 is 11.3. The van der Waals surface area contributed by atoms with E-state index in [-0.39, 0.29) is 16.9 Å². The Kier molecular flexibility index (Phi) is 8.86. The van der Waals surface area contributed by atoms with Gasteiger partial charge in [0, 0.05) is 33.9 Å². The van der Waals surface area contributed by atoms with E-state index in [0.29, 0.717) is 39.9 Å². The summed E-state index contributed by atoms with van der Waals surface area (Å²) in [7, 11) is 0. The second-order valence-corrected chi connectivity index (χ2v) is 8.91. The van der Waals surface area contributed by atoms with Crippen molar-refractivity contribution in [1.29, 1.82) is 0 Å². The molecular formula is C29H24ClN3O3S. The van der Waals surface area contributed by atoms with Gasteiger partial charge in [0.1, 0.15) is 5.75 Å². The molecule has 3 N–H and O–H groups in total. The van der Waals surface area contributed by atoms with Gasteiger partial charge in [0.05, 0.1) is 6.61 Å². The molecule has 4 aromatic rings. The van der Waals surface area contributed by atoms with Crippen LogP contribution in [0, 0.1) is 0 Å². The lowest BCUT2D eigenvalue weighted by atomic mass is 10.1. The Bertz CT molecular complexity index is 1410. The fourth-order valence-corrected chi connectivity index (χ4v) is 3.90. The molecule has 0 fully saturated rings. The topological polar surface area (TPSA) is 79.5 Å². The van der Waals surface area contributed by atoms with Crippen LogP contribution in [0.1, 0.15) is 26.3 Å². The molecule has 0 aliphatic rings. The molecule has 0 radical (unpaired) electrons. The number of hydrogen-bond donors (Lipinski definition) is 3. The van der Waals surface area contributed by atoms with E-state index in [1.165, 1.54) is 5.56 Å². The first-order valence-corrected chi connectivity index (χ1v) is 12.3. The fraction of sp³-hybridized carbons (Fsp3) is 0.0690. The molecule has 8 heteroatoms. The standard InChI is InChI=1S/C29H24ClN3O3S/c30-23-11-6-13-25(19-23)31-27(34)21-9-4-12-24(17-21)32-29(37)33-28(35)22-10-5-14-26(18-22)36-16-15-20-7-2-1-3-8-20/h1-14,17-19H,15-16H2,(H,31,34)(H2,32,33,35,37). The number of anilines is 2. The number of thiocarbonyl (C=S) groups is 1. The fourth-order valence-electron chi connectivity index (χ4n) is 3.50. The van der Waals surface area contributed by atoms with Crippen molar-refractivity contribution in [2.24, 2.45) is 0 Å². The monoisotopic (exact) mass is 529 g/mol. The Labute approximate surface area is 225 Å². The molecule has 0 aliphatic heterocycles. The van der Waals surface area contributed by atoms with Crippen LogP contribution in [0.5, 0.6) is 5.75 Å². The summed E-state index contributed by atoms with van der Waals surface area (Å²) in [4.78, 5) is 25.3. The largest absolute Gasteiger partial charge is 0.493 e. The van der Waals surface area contributed by atoms with Crippen LogP contribution in [-0.4, -0.2) is 23.5 Å². The first kappa shape index (κ1) is 25.9. The molecule has 0 atom stereocenters. The minimum atomic E-state index is -0.374. The summed E-state index contributed by atoms with van der Waals surface area (Å²) in [5.41, 5.74) is 3.15. The summed E-state index contributed by atoms with van der Waals surface area (Å²) in [5, 5.41) is 9.03. The zero-order valence-electron chi connectivity index (χ0n) is 19.7. The second-order valence-electron chi connectivity index (χ2n) is 8.07.